The number of nitrogens with zero attached hydrogens (tertiary/aromatic N) is 3. The Morgan fingerprint density at radius 1 is 1.16 bits per heavy atom. The number of anilines is 1. The van der Waals surface area contributed by atoms with Gasteiger partial charge in [-0.15, -0.1) is 0 Å². The maximum Gasteiger partial charge on any atom is 0.267 e. The molecule has 2 aromatic carbocycles. The minimum Gasteiger partial charge on any atom is -0.488 e. The van der Waals surface area contributed by atoms with E-state index in [0.29, 0.717) is 5.56 Å². The Morgan fingerprint density at radius 2 is 1.84 bits per heavy atom. The van der Waals surface area contributed by atoms with Gasteiger partial charge in [0.05, 0.1) is 30.5 Å². The van der Waals surface area contributed by atoms with Crippen LogP contribution in [0.3, 0.4) is 0 Å². The molecule has 15 heteroatoms. The molecular weight excluding hydrogens is 603 g/mol. The monoisotopic (exact) mass is 638 g/mol. The Morgan fingerprint density at radius 3 is 2.44 bits per heavy atom. The van der Waals surface area contributed by atoms with E-state index in [9.17, 15) is 31.1 Å². The maximum atomic E-state index is 13.5. The molecule has 0 radical (unpaired) electrons. The minimum absolute atomic E-state index is 0.0894. The summed E-state index contributed by atoms with van der Waals surface area (Å²) in [5.41, 5.74) is 0.718. The summed E-state index contributed by atoms with van der Waals surface area (Å²) >= 11 is 0. The summed E-state index contributed by atoms with van der Waals surface area (Å²) in [5.74, 6) is -0.889. The van der Waals surface area contributed by atoms with Gasteiger partial charge in [0.15, 0.2) is 10.7 Å². The lowest BCUT2D eigenvalue weighted by Gasteiger charge is -2.33. The number of hydrogen-bond donors (Lipinski definition) is 2. The van der Waals surface area contributed by atoms with Crippen LogP contribution in [-0.4, -0.2) is 81.1 Å². The van der Waals surface area contributed by atoms with Gasteiger partial charge in [-0.05, 0) is 63.2 Å². The summed E-state index contributed by atoms with van der Waals surface area (Å²) in [7, 11) is -6.70. The summed E-state index contributed by atoms with van der Waals surface area (Å²) in [6, 6.07) is 8.42. The molecule has 0 fully saturated rings. The standard InChI is InChI=1S/C28H35FN4O8S2/c1-17-14-33(18(2)16-34)27(35)13-21-12-23(31-42(36,37)28-19(3)30-41-20(28)4)8-11-25(21)40-26(17)15-32(5)43(38,39)24-9-6-22(29)7-10-24/h6-12,17-18,26,31,34H,13-16H2,1-5H3/t17-,18+,26-/m1/s1. The van der Waals surface area contributed by atoms with Gasteiger partial charge in [-0.1, -0.05) is 12.1 Å². The van der Waals surface area contributed by atoms with Gasteiger partial charge in [0.2, 0.25) is 15.9 Å². The molecule has 0 unspecified atom stereocenters. The van der Waals surface area contributed by atoms with Gasteiger partial charge >= 0.3 is 0 Å². The van der Waals surface area contributed by atoms with Gasteiger partial charge in [0, 0.05) is 30.8 Å². The van der Waals surface area contributed by atoms with E-state index in [1.165, 1.54) is 56.1 Å². The zero-order valence-electron chi connectivity index (χ0n) is 24.4. The number of halogens is 1. The third-order valence-corrected chi connectivity index (χ3v) is 10.8. The summed E-state index contributed by atoms with van der Waals surface area (Å²) in [4.78, 5) is 14.8. The molecule has 0 spiro atoms. The Bertz CT molecular complexity index is 1670. The van der Waals surface area contributed by atoms with Crippen molar-refractivity contribution in [2.75, 3.05) is 31.5 Å². The van der Waals surface area contributed by atoms with E-state index >= 15 is 0 Å². The van der Waals surface area contributed by atoms with Crippen LogP contribution < -0.4 is 9.46 Å². The summed E-state index contributed by atoms with van der Waals surface area (Å²) in [6.45, 7) is 6.24. The van der Waals surface area contributed by atoms with E-state index < -0.39 is 43.9 Å². The lowest BCUT2D eigenvalue weighted by Crippen LogP contribution is -2.48. The number of amides is 1. The average molecular weight is 639 g/mol. The fourth-order valence-electron chi connectivity index (χ4n) is 4.91. The predicted octanol–water partition coefficient (Wildman–Crippen LogP) is 2.70. The van der Waals surface area contributed by atoms with Crippen molar-refractivity contribution in [3.63, 3.8) is 0 Å². The molecule has 4 rings (SSSR count). The number of aliphatic hydroxyl groups excluding tert-OH is 1. The quantitative estimate of drug-likeness (QED) is 0.359. The van der Waals surface area contributed by atoms with Crippen LogP contribution in [0.15, 0.2) is 56.8 Å². The van der Waals surface area contributed by atoms with E-state index in [2.05, 4.69) is 9.88 Å². The van der Waals surface area contributed by atoms with Gasteiger partial charge in [0.25, 0.3) is 10.0 Å². The Kier molecular flexibility index (Phi) is 9.49. The van der Waals surface area contributed by atoms with Gasteiger partial charge in [-0.25, -0.2) is 21.2 Å². The van der Waals surface area contributed by atoms with Gasteiger partial charge in [-0.3, -0.25) is 9.52 Å². The van der Waals surface area contributed by atoms with Crippen molar-refractivity contribution >= 4 is 31.6 Å². The summed E-state index contributed by atoms with van der Waals surface area (Å²) in [6.07, 6.45) is -0.924. The number of aromatic nitrogens is 1. The lowest BCUT2D eigenvalue weighted by atomic mass is 10.0. The Labute approximate surface area is 250 Å². The smallest absolute Gasteiger partial charge is 0.267 e. The van der Waals surface area contributed by atoms with E-state index in [0.717, 1.165) is 16.4 Å². The second-order valence-electron chi connectivity index (χ2n) is 10.7. The number of hydrogen-bond acceptors (Lipinski definition) is 9. The molecule has 1 amide bonds. The molecule has 0 saturated heterocycles. The van der Waals surface area contributed by atoms with Crippen LogP contribution in [0.1, 0.15) is 30.9 Å². The maximum absolute atomic E-state index is 13.5. The molecular formula is C28H35FN4O8S2. The topological polar surface area (TPSA) is 159 Å². The van der Waals surface area contributed by atoms with Gasteiger partial charge in [0.1, 0.15) is 23.4 Å². The molecule has 0 aliphatic carbocycles. The van der Waals surface area contributed by atoms with Crippen molar-refractivity contribution in [1.82, 2.24) is 14.4 Å². The first-order valence-corrected chi connectivity index (χ1v) is 16.4. The number of likely N-dealkylation sites (N-methyl/N-ethyl adjacent to an activating group) is 1. The molecule has 234 valence electrons. The van der Waals surface area contributed by atoms with Crippen molar-refractivity contribution in [3.8, 4) is 5.75 Å². The number of sulfonamides is 2. The normalized spacial score (nSPS) is 18.8. The summed E-state index contributed by atoms with van der Waals surface area (Å²) in [5, 5.41) is 13.6. The number of aliphatic hydroxyl groups is 1. The zero-order valence-corrected chi connectivity index (χ0v) is 26.1. The van der Waals surface area contributed by atoms with Crippen molar-refractivity contribution in [2.24, 2.45) is 5.92 Å². The zero-order chi connectivity index (χ0) is 31.7. The largest absolute Gasteiger partial charge is 0.488 e. The molecule has 12 nitrogen and oxygen atoms in total. The van der Waals surface area contributed by atoms with Gasteiger partial charge in [-0.2, -0.15) is 4.31 Å². The number of aryl methyl sites for hydroxylation is 2. The van der Waals surface area contributed by atoms with Crippen molar-refractivity contribution in [1.29, 1.82) is 0 Å². The van der Waals surface area contributed by atoms with Crippen molar-refractivity contribution in [3.05, 3.63) is 65.3 Å². The van der Waals surface area contributed by atoms with Crippen LogP contribution >= 0.6 is 0 Å². The van der Waals surface area contributed by atoms with Crippen LogP contribution in [0.2, 0.25) is 0 Å². The molecule has 3 aromatic rings. The fraction of sp³-hybridized carbons (Fsp3) is 0.429. The number of carbonyl (C=O) groups is 1. The first-order valence-electron chi connectivity index (χ1n) is 13.5. The number of benzene rings is 2. The molecule has 3 atom stereocenters. The van der Waals surface area contributed by atoms with Crippen LogP contribution in [0, 0.1) is 25.6 Å². The van der Waals surface area contributed by atoms with E-state index in [1.807, 2.05) is 6.92 Å². The number of ether oxygens (including phenoxy) is 1. The SMILES string of the molecule is Cc1noc(C)c1S(=O)(=O)Nc1ccc2c(c1)CC(=O)N([C@@H](C)CO)C[C@@H](C)[C@@H](CN(C)S(=O)(=O)c1ccc(F)cc1)O2. The second-order valence-corrected chi connectivity index (χ2v) is 14.4. The number of rotatable bonds is 9. The molecule has 2 heterocycles. The number of nitrogens with one attached hydrogen (secondary N) is 1. The van der Waals surface area contributed by atoms with Crippen molar-refractivity contribution in [2.45, 2.75) is 56.1 Å². The third-order valence-electron chi connectivity index (χ3n) is 7.36. The molecule has 1 aliphatic heterocycles. The molecule has 0 saturated carbocycles. The molecule has 0 bridgehead atoms. The second kappa shape index (κ2) is 12.6. The Hall–Kier alpha value is -3.53. The van der Waals surface area contributed by atoms with Crippen LogP contribution in [0.5, 0.6) is 5.75 Å². The molecule has 1 aliphatic rings. The summed E-state index contributed by atoms with van der Waals surface area (Å²) < 4.78 is 81.1. The van der Waals surface area contributed by atoms with E-state index in [-0.39, 0.29) is 64.7 Å². The third kappa shape index (κ3) is 7.00. The highest BCUT2D eigenvalue weighted by atomic mass is 32.2. The molecule has 1 aromatic heterocycles. The molecule has 43 heavy (non-hydrogen) atoms. The highest BCUT2D eigenvalue weighted by Crippen LogP contribution is 2.31. The van der Waals surface area contributed by atoms with Crippen LogP contribution in [-0.2, 0) is 31.3 Å². The first-order chi connectivity index (χ1) is 20.1. The number of carbonyl (C=O) groups excluding carboxylic acids is 1. The highest BCUT2D eigenvalue weighted by Gasteiger charge is 2.34. The van der Waals surface area contributed by atoms with Crippen LogP contribution in [0.4, 0.5) is 10.1 Å². The highest BCUT2D eigenvalue weighted by molar-refractivity contribution is 7.92. The van der Waals surface area contributed by atoms with E-state index in [1.54, 1.807) is 6.92 Å². The predicted molar refractivity (Wildman–Crippen MR) is 155 cm³/mol. The van der Waals surface area contributed by atoms with Gasteiger partial charge < -0.3 is 19.3 Å². The van der Waals surface area contributed by atoms with Crippen molar-refractivity contribution < 1.29 is 40.4 Å². The fourth-order valence-corrected chi connectivity index (χ4v) is 7.48. The average Bonchev–Trinajstić information content (AvgIpc) is 3.31. The Balaban J connectivity index is 1.69. The minimum atomic E-state index is -4.08. The molecule has 2 N–H and O–H groups in total. The first kappa shape index (κ1) is 32.4. The van der Waals surface area contributed by atoms with Crippen LogP contribution in [0.25, 0.3) is 0 Å². The lowest BCUT2D eigenvalue weighted by molar-refractivity contribution is -0.134. The number of fused-ring (bicyclic) bond motifs is 1. The van der Waals surface area contributed by atoms with E-state index in [4.69, 9.17) is 9.26 Å².